The zero-order valence-corrected chi connectivity index (χ0v) is 11.4. The van der Waals surface area contributed by atoms with Crippen LogP contribution in [0.5, 0.6) is 0 Å². The van der Waals surface area contributed by atoms with Crippen LogP contribution >= 0.6 is 0 Å². The van der Waals surface area contributed by atoms with E-state index in [4.69, 9.17) is 5.73 Å². The van der Waals surface area contributed by atoms with Gasteiger partial charge in [0.1, 0.15) is 11.9 Å². The summed E-state index contributed by atoms with van der Waals surface area (Å²) in [5, 5.41) is 10.3. The van der Waals surface area contributed by atoms with Crippen molar-refractivity contribution in [3.63, 3.8) is 0 Å². The van der Waals surface area contributed by atoms with Crippen LogP contribution in [-0.2, 0) is 0 Å². The fraction of sp³-hybridized carbons (Fsp3) is 0.125. The number of nitrogen functional groups attached to an aromatic ring is 1. The molecule has 0 aliphatic rings. The van der Waals surface area contributed by atoms with E-state index in [1.54, 1.807) is 6.20 Å². The largest absolute Gasteiger partial charge is 0.384 e. The van der Waals surface area contributed by atoms with Crippen molar-refractivity contribution in [2.24, 2.45) is 0 Å². The first-order valence-electron chi connectivity index (χ1n) is 6.36. The third-order valence-corrected chi connectivity index (χ3v) is 3.71. The minimum atomic E-state index is 0.473. The molecule has 2 heterocycles. The Morgan fingerprint density at radius 3 is 2.65 bits per heavy atom. The van der Waals surface area contributed by atoms with Gasteiger partial charge in [0.05, 0.1) is 16.8 Å². The van der Waals surface area contributed by atoms with Gasteiger partial charge < -0.3 is 5.73 Å². The highest BCUT2D eigenvalue weighted by Crippen LogP contribution is 2.30. The molecule has 0 aliphatic heterocycles. The number of hydrogen-bond acceptors (Lipinski definition) is 3. The standard InChI is InChI=1S/C16H14N4/c1-10-11(2)20(16(18)13(10)9-17)14-7-3-5-12-6-4-8-19-15(12)14/h3-8H,18H2,1-2H3. The second-order valence-electron chi connectivity index (χ2n) is 4.77. The molecular formula is C16H14N4. The summed E-state index contributed by atoms with van der Waals surface area (Å²) >= 11 is 0. The highest BCUT2D eigenvalue weighted by atomic mass is 15.1. The molecule has 0 atom stereocenters. The summed E-state index contributed by atoms with van der Waals surface area (Å²) < 4.78 is 1.91. The first kappa shape index (κ1) is 12.2. The molecule has 4 nitrogen and oxygen atoms in total. The molecule has 0 radical (unpaired) electrons. The highest BCUT2D eigenvalue weighted by Gasteiger charge is 2.17. The van der Waals surface area contributed by atoms with Crippen LogP contribution in [0, 0.1) is 25.2 Å². The number of fused-ring (bicyclic) bond motifs is 1. The Morgan fingerprint density at radius 2 is 1.95 bits per heavy atom. The smallest absolute Gasteiger partial charge is 0.126 e. The predicted octanol–water partition coefficient (Wildman–Crippen LogP) is 3.10. The van der Waals surface area contributed by atoms with Crippen LogP contribution in [-0.4, -0.2) is 9.55 Å². The molecule has 0 saturated carbocycles. The van der Waals surface area contributed by atoms with Gasteiger partial charge in [-0.2, -0.15) is 5.26 Å². The topological polar surface area (TPSA) is 67.6 Å². The number of nitrogens with zero attached hydrogens (tertiary/aromatic N) is 3. The van der Waals surface area contributed by atoms with E-state index in [0.29, 0.717) is 11.4 Å². The van der Waals surface area contributed by atoms with E-state index in [2.05, 4.69) is 11.1 Å². The van der Waals surface area contributed by atoms with Gasteiger partial charge in [-0.25, -0.2) is 0 Å². The summed E-state index contributed by atoms with van der Waals surface area (Å²) in [5.74, 6) is 0.473. The number of nitriles is 1. The van der Waals surface area contributed by atoms with E-state index in [0.717, 1.165) is 27.8 Å². The number of para-hydroxylation sites is 1. The number of benzene rings is 1. The molecule has 0 amide bonds. The molecule has 0 aliphatic carbocycles. The fourth-order valence-electron chi connectivity index (χ4n) is 2.55. The van der Waals surface area contributed by atoms with Gasteiger partial charge in [-0.05, 0) is 31.5 Å². The van der Waals surface area contributed by atoms with Crippen LogP contribution < -0.4 is 5.73 Å². The summed E-state index contributed by atoms with van der Waals surface area (Å²) in [6.07, 6.45) is 1.76. The van der Waals surface area contributed by atoms with Crippen molar-refractivity contribution < 1.29 is 0 Å². The van der Waals surface area contributed by atoms with Crippen LogP contribution in [0.15, 0.2) is 36.5 Å². The third kappa shape index (κ3) is 1.57. The average Bonchev–Trinajstić information content (AvgIpc) is 2.68. The van der Waals surface area contributed by atoms with E-state index in [9.17, 15) is 5.26 Å². The highest BCUT2D eigenvalue weighted by molar-refractivity contribution is 5.87. The van der Waals surface area contributed by atoms with Crippen molar-refractivity contribution in [3.8, 4) is 11.8 Å². The molecule has 20 heavy (non-hydrogen) atoms. The lowest BCUT2D eigenvalue weighted by atomic mass is 10.2. The molecule has 0 unspecified atom stereocenters. The molecule has 98 valence electrons. The molecule has 1 aromatic carbocycles. The van der Waals surface area contributed by atoms with Gasteiger partial charge in [0.25, 0.3) is 0 Å². The molecule has 2 aromatic heterocycles. The minimum absolute atomic E-state index is 0.473. The molecule has 0 bridgehead atoms. The van der Waals surface area contributed by atoms with Crippen molar-refractivity contribution in [1.82, 2.24) is 9.55 Å². The first-order valence-corrected chi connectivity index (χ1v) is 6.36. The normalized spacial score (nSPS) is 10.7. The van der Waals surface area contributed by atoms with Gasteiger partial charge >= 0.3 is 0 Å². The molecule has 3 rings (SSSR count). The van der Waals surface area contributed by atoms with Crippen LogP contribution in [0.2, 0.25) is 0 Å². The molecule has 4 heteroatoms. The summed E-state index contributed by atoms with van der Waals surface area (Å²) in [5.41, 5.74) is 10.4. The zero-order chi connectivity index (χ0) is 14.3. The van der Waals surface area contributed by atoms with Gasteiger partial charge in [0, 0.05) is 17.3 Å². The van der Waals surface area contributed by atoms with Gasteiger partial charge in [0.15, 0.2) is 0 Å². The fourth-order valence-corrected chi connectivity index (χ4v) is 2.55. The van der Waals surface area contributed by atoms with Crippen LogP contribution in [0.3, 0.4) is 0 Å². The van der Waals surface area contributed by atoms with Crippen molar-refractivity contribution >= 4 is 16.7 Å². The molecule has 0 saturated heterocycles. The van der Waals surface area contributed by atoms with E-state index in [1.165, 1.54) is 0 Å². The Kier molecular flexibility index (Phi) is 2.69. The minimum Gasteiger partial charge on any atom is -0.384 e. The second-order valence-corrected chi connectivity index (χ2v) is 4.77. The van der Waals surface area contributed by atoms with Gasteiger partial charge in [-0.15, -0.1) is 0 Å². The van der Waals surface area contributed by atoms with Crippen LogP contribution in [0.4, 0.5) is 5.82 Å². The lowest BCUT2D eigenvalue weighted by molar-refractivity contribution is 1.02. The Labute approximate surface area is 117 Å². The summed E-state index contributed by atoms with van der Waals surface area (Å²) in [6.45, 7) is 3.88. The van der Waals surface area contributed by atoms with Crippen molar-refractivity contribution in [3.05, 3.63) is 53.3 Å². The number of hydrogen-bond donors (Lipinski definition) is 1. The number of anilines is 1. The molecule has 2 N–H and O–H groups in total. The molecular weight excluding hydrogens is 248 g/mol. The number of nitrogens with two attached hydrogens (primary N) is 1. The van der Waals surface area contributed by atoms with Crippen molar-refractivity contribution in [2.75, 3.05) is 5.73 Å². The van der Waals surface area contributed by atoms with E-state index < -0.39 is 0 Å². The Bertz CT molecular complexity index is 848. The summed E-state index contributed by atoms with van der Waals surface area (Å²) in [6, 6.07) is 12.1. The molecule has 3 aromatic rings. The van der Waals surface area contributed by atoms with Crippen LogP contribution in [0.25, 0.3) is 16.6 Å². The Balaban J connectivity index is 2.41. The van der Waals surface area contributed by atoms with Gasteiger partial charge in [-0.3, -0.25) is 9.55 Å². The van der Waals surface area contributed by atoms with E-state index in [-0.39, 0.29) is 0 Å². The first-order chi connectivity index (χ1) is 9.65. The molecule has 0 spiro atoms. The third-order valence-electron chi connectivity index (χ3n) is 3.71. The maximum atomic E-state index is 9.24. The van der Waals surface area contributed by atoms with Crippen molar-refractivity contribution in [1.29, 1.82) is 5.26 Å². The number of aromatic nitrogens is 2. The van der Waals surface area contributed by atoms with Crippen molar-refractivity contribution in [2.45, 2.75) is 13.8 Å². The zero-order valence-electron chi connectivity index (χ0n) is 11.4. The van der Waals surface area contributed by atoms with Gasteiger partial charge in [0.2, 0.25) is 0 Å². The monoisotopic (exact) mass is 262 g/mol. The van der Waals surface area contributed by atoms with E-state index in [1.807, 2.05) is 48.7 Å². The van der Waals surface area contributed by atoms with Gasteiger partial charge in [-0.1, -0.05) is 18.2 Å². The SMILES string of the molecule is Cc1c(C#N)c(N)n(-c2cccc3cccnc23)c1C. The lowest BCUT2D eigenvalue weighted by Crippen LogP contribution is -2.03. The average molecular weight is 262 g/mol. The number of rotatable bonds is 1. The molecule has 0 fully saturated rings. The Hall–Kier alpha value is -2.80. The maximum absolute atomic E-state index is 9.24. The van der Waals surface area contributed by atoms with E-state index >= 15 is 0 Å². The quantitative estimate of drug-likeness (QED) is 0.732. The Morgan fingerprint density at radius 1 is 1.20 bits per heavy atom. The summed E-state index contributed by atoms with van der Waals surface area (Å²) in [7, 11) is 0. The maximum Gasteiger partial charge on any atom is 0.126 e. The predicted molar refractivity (Wildman–Crippen MR) is 79.7 cm³/mol. The lowest BCUT2D eigenvalue weighted by Gasteiger charge is -2.11. The van der Waals surface area contributed by atoms with Crippen LogP contribution in [0.1, 0.15) is 16.8 Å². The summed E-state index contributed by atoms with van der Waals surface area (Å²) in [4.78, 5) is 4.45. The second kappa shape index (κ2) is 4.39. The number of pyridine rings is 1.